The number of nitrogens with zero attached hydrogens (tertiary/aromatic N) is 3. The van der Waals surface area contributed by atoms with Crippen molar-refractivity contribution >= 4 is 98.7 Å². The first-order chi connectivity index (χ1) is 30.2. The Kier molecular flexibility index (Phi) is 8.28. The van der Waals surface area contributed by atoms with Crippen molar-refractivity contribution in [2.45, 2.75) is 0 Å². The van der Waals surface area contributed by atoms with Crippen molar-refractivity contribution in [1.82, 2.24) is 4.98 Å². The summed E-state index contributed by atoms with van der Waals surface area (Å²) in [6.45, 7) is 0. The molecule has 12 aromatic rings. The molecule has 0 saturated carbocycles. The quantitative estimate of drug-likeness (QED) is 0.153. The fourth-order valence-corrected chi connectivity index (χ4v) is 9.86. The highest BCUT2D eigenvalue weighted by Crippen LogP contribution is 2.49. The highest BCUT2D eigenvalue weighted by atomic mass is 32.1. The molecule has 6 heteroatoms. The predicted octanol–water partition coefficient (Wildman–Crippen LogP) is 16.4. The summed E-state index contributed by atoms with van der Waals surface area (Å²) in [5, 5.41) is 4.58. The Labute approximate surface area is 355 Å². The molecule has 9 aromatic carbocycles. The van der Waals surface area contributed by atoms with Gasteiger partial charge in [-0.25, -0.2) is 4.98 Å². The number of thiophene rings is 1. The Morgan fingerprint density at radius 1 is 0.377 bits per heavy atom. The van der Waals surface area contributed by atoms with Crippen LogP contribution < -0.4 is 9.80 Å². The fraction of sp³-hybridized carbons (Fsp3) is 0. The Morgan fingerprint density at radius 2 is 1.02 bits per heavy atom. The lowest BCUT2D eigenvalue weighted by Gasteiger charge is -2.30. The summed E-state index contributed by atoms with van der Waals surface area (Å²) in [4.78, 5) is 9.93. The van der Waals surface area contributed by atoms with Gasteiger partial charge in [-0.05, 0) is 96.1 Å². The molecule has 61 heavy (non-hydrogen) atoms. The zero-order valence-electron chi connectivity index (χ0n) is 32.8. The molecule has 3 heterocycles. The SMILES string of the molecule is c1ccc(-c2cccc(N(c3cc(N(c4ccccc4)c4cccc5c4sc4ccccc45)c4oc(-c5ccccc5)nc4c3)c3ccc4oc5ccccc5c4c3)c2)cc1. The Bertz CT molecular complexity index is 3560. The molecule has 0 amide bonds. The third-order valence-electron chi connectivity index (χ3n) is 11.4. The number of hydrogen-bond donors (Lipinski definition) is 0. The molecule has 0 saturated heterocycles. The van der Waals surface area contributed by atoms with Gasteiger partial charge in [0.05, 0.1) is 21.8 Å². The van der Waals surface area contributed by atoms with E-state index in [1.807, 2.05) is 53.8 Å². The Morgan fingerprint density at radius 3 is 1.85 bits per heavy atom. The zero-order chi connectivity index (χ0) is 40.3. The van der Waals surface area contributed by atoms with Crippen LogP contribution in [-0.4, -0.2) is 4.98 Å². The first-order valence-electron chi connectivity index (χ1n) is 20.4. The first kappa shape index (κ1) is 35.1. The van der Waals surface area contributed by atoms with E-state index in [1.54, 1.807) is 0 Å². The molecule has 0 radical (unpaired) electrons. The third kappa shape index (κ3) is 6.04. The maximum Gasteiger partial charge on any atom is 0.227 e. The largest absolute Gasteiger partial charge is 0.456 e. The van der Waals surface area contributed by atoms with Crippen molar-refractivity contribution in [3.8, 4) is 22.6 Å². The average Bonchev–Trinajstić information content (AvgIpc) is 4.04. The zero-order valence-corrected chi connectivity index (χ0v) is 33.6. The number of aromatic nitrogens is 1. The van der Waals surface area contributed by atoms with E-state index in [0.29, 0.717) is 11.5 Å². The molecule has 288 valence electrons. The van der Waals surface area contributed by atoms with Crippen LogP contribution in [0.2, 0.25) is 0 Å². The lowest BCUT2D eigenvalue weighted by atomic mass is 10.0. The summed E-state index contributed by atoms with van der Waals surface area (Å²) < 4.78 is 15.7. The molecule has 0 aliphatic rings. The van der Waals surface area contributed by atoms with E-state index >= 15 is 0 Å². The van der Waals surface area contributed by atoms with Crippen LogP contribution in [0.4, 0.5) is 34.1 Å². The highest BCUT2D eigenvalue weighted by molar-refractivity contribution is 7.26. The number of anilines is 6. The van der Waals surface area contributed by atoms with Crippen molar-refractivity contribution in [3.05, 3.63) is 212 Å². The number of hydrogen-bond acceptors (Lipinski definition) is 6. The number of benzene rings is 9. The van der Waals surface area contributed by atoms with Crippen LogP contribution in [0.5, 0.6) is 0 Å². The summed E-state index contributed by atoms with van der Waals surface area (Å²) in [7, 11) is 0. The van der Waals surface area contributed by atoms with Crippen LogP contribution in [0.1, 0.15) is 0 Å². The topological polar surface area (TPSA) is 45.7 Å². The van der Waals surface area contributed by atoms with Gasteiger partial charge in [0.25, 0.3) is 0 Å². The van der Waals surface area contributed by atoms with Crippen molar-refractivity contribution in [3.63, 3.8) is 0 Å². The van der Waals surface area contributed by atoms with Gasteiger partial charge in [-0.2, -0.15) is 0 Å². The van der Waals surface area contributed by atoms with Gasteiger partial charge >= 0.3 is 0 Å². The van der Waals surface area contributed by atoms with Crippen LogP contribution in [-0.2, 0) is 0 Å². The summed E-state index contributed by atoms with van der Waals surface area (Å²) in [5.74, 6) is 0.561. The van der Waals surface area contributed by atoms with Crippen LogP contribution in [0, 0.1) is 0 Å². The molecule has 3 aromatic heterocycles. The smallest absolute Gasteiger partial charge is 0.227 e. The average molecular weight is 802 g/mol. The summed E-state index contributed by atoms with van der Waals surface area (Å²) >= 11 is 1.81. The molecular weight excluding hydrogens is 767 g/mol. The molecule has 0 fully saturated rings. The minimum atomic E-state index is 0.561. The molecule has 12 rings (SSSR count). The van der Waals surface area contributed by atoms with Crippen LogP contribution >= 0.6 is 11.3 Å². The van der Waals surface area contributed by atoms with Gasteiger partial charge in [0.1, 0.15) is 16.7 Å². The van der Waals surface area contributed by atoms with Crippen LogP contribution in [0.25, 0.3) is 75.8 Å². The summed E-state index contributed by atoms with van der Waals surface area (Å²) in [6, 6.07) is 74.4. The normalized spacial score (nSPS) is 11.6. The van der Waals surface area contributed by atoms with Crippen LogP contribution in [0.3, 0.4) is 0 Å². The fourth-order valence-electron chi connectivity index (χ4n) is 8.65. The number of para-hydroxylation sites is 2. The van der Waals surface area contributed by atoms with Crippen molar-refractivity contribution in [2.75, 3.05) is 9.80 Å². The van der Waals surface area contributed by atoms with Crippen molar-refractivity contribution in [1.29, 1.82) is 0 Å². The van der Waals surface area contributed by atoms with Gasteiger partial charge in [0.15, 0.2) is 5.58 Å². The van der Waals surface area contributed by atoms with Crippen molar-refractivity contribution < 1.29 is 8.83 Å². The van der Waals surface area contributed by atoms with Crippen molar-refractivity contribution in [2.24, 2.45) is 0 Å². The number of rotatable bonds is 8. The van der Waals surface area contributed by atoms with Gasteiger partial charge in [-0.3, -0.25) is 0 Å². The standard InChI is InChI=1S/C55H35N3O2S/c1-4-16-36(17-5-1)38-20-14-23-40(32-38)57(41-30-31-51-46(33-41)43-24-10-12-28-50(43)59-51)42-34-47-53(60-55(56-47)37-18-6-2-7-19-37)49(35-42)58(39-21-8-3-9-22-39)48-27-15-26-45-44-25-11-13-29-52(44)61-54(45)48/h1-35H. The third-order valence-corrected chi connectivity index (χ3v) is 12.7. The predicted molar refractivity (Wildman–Crippen MR) is 254 cm³/mol. The molecule has 0 N–H and O–H groups in total. The van der Waals surface area contributed by atoms with Gasteiger partial charge < -0.3 is 18.6 Å². The molecular formula is C55H35N3O2S. The molecule has 0 bridgehead atoms. The van der Waals surface area contributed by atoms with Gasteiger partial charge in [-0.1, -0.05) is 127 Å². The second-order valence-electron chi connectivity index (χ2n) is 15.2. The van der Waals surface area contributed by atoms with E-state index < -0.39 is 0 Å². The number of furan rings is 1. The van der Waals surface area contributed by atoms with Gasteiger partial charge in [0, 0.05) is 48.9 Å². The molecule has 0 unspecified atom stereocenters. The lowest BCUT2D eigenvalue weighted by molar-refractivity contribution is 0.620. The van der Waals surface area contributed by atoms with Crippen LogP contribution in [0.15, 0.2) is 221 Å². The van der Waals surface area contributed by atoms with E-state index in [4.69, 9.17) is 13.8 Å². The maximum atomic E-state index is 6.92. The van der Waals surface area contributed by atoms with Gasteiger partial charge in [-0.15, -0.1) is 11.3 Å². The van der Waals surface area contributed by atoms with E-state index in [-0.39, 0.29) is 0 Å². The van der Waals surface area contributed by atoms with Gasteiger partial charge in [0.2, 0.25) is 5.89 Å². The Balaban J connectivity index is 1.16. The second kappa shape index (κ2) is 14.4. The van der Waals surface area contributed by atoms with E-state index in [9.17, 15) is 0 Å². The minimum absolute atomic E-state index is 0.561. The minimum Gasteiger partial charge on any atom is -0.456 e. The second-order valence-corrected chi connectivity index (χ2v) is 16.2. The molecule has 0 atom stereocenters. The highest BCUT2D eigenvalue weighted by Gasteiger charge is 2.26. The summed E-state index contributed by atoms with van der Waals surface area (Å²) in [5.41, 5.74) is 12.2. The Hall–Kier alpha value is -7.93. The maximum absolute atomic E-state index is 6.92. The molecule has 0 spiro atoms. The molecule has 0 aliphatic heterocycles. The molecule has 5 nitrogen and oxygen atoms in total. The number of oxazole rings is 1. The van der Waals surface area contributed by atoms with E-state index in [0.717, 1.165) is 78.3 Å². The first-order valence-corrected chi connectivity index (χ1v) is 21.2. The van der Waals surface area contributed by atoms with E-state index in [1.165, 1.54) is 20.2 Å². The summed E-state index contributed by atoms with van der Waals surface area (Å²) in [6.07, 6.45) is 0. The lowest BCUT2D eigenvalue weighted by Crippen LogP contribution is -2.14. The number of fused-ring (bicyclic) bond motifs is 7. The monoisotopic (exact) mass is 801 g/mol. The molecule has 0 aliphatic carbocycles. The van der Waals surface area contributed by atoms with E-state index in [2.05, 4.69) is 180 Å².